The van der Waals surface area contributed by atoms with Crippen molar-refractivity contribution in [3.05, 3.63) is 0 Å². The van der Waals surface area contributed by atoms with Crippen molar-refractivity contribution in [3.63, 3.8) is 0 Å². The Morgan fingerprint density at radius 2 is 2.00 bits per heavy atom. The average molecular weight is 213 g/mol. The van der Waals surface area contributed by atoms with E-state index in [1.54, 1.807) is 0 Å². The van der Waals surface area contributed by atoms with Crippen molar-refractivity contribution < 1.29 is 9.47 Å². The van der Waals surface area contributed by atoms with Gasteiger partial charge in [-0.25, -0.2) is 0 Å². The molecule has 1 N–H and O–H groups in total. The molecule has 2 fully saturated rings. The van der Waals surface area contributed by atoms with Crippen LogP contribution in [0.1, 0.15) is 32.6 Å². The van der Waals surface area contributed by atoms with Crippen LogP contribution in [0.3, 0.4) is 0 Å². The first-order valence-corrected chi connectivity index (χ1v) is 6.31. The van der Waals surface area contributed by atoms with Gasteiger partial charge in [0.25, 0.3) is 0 Å². The number of ether oxygens (including phenoxy) is 2. The van der Waals surface area contributed by atoms with Gasteiger partial charge in [0.2, 0.25) is 0 Å². The lowest BCUT2D eigenvalue weighted by atomic mass is 9.88. The molecule has 0 bridgehead atoms. The van der Waals surface area contributed by atoms with E-state index in [4.69, 9.17) is 9.47 Å². The molecule has 1 aliphatic carbocycles. The van der Waals surface area contributed by atoms with E-state index in [1.165, 1.54) is 32.2 Å². The van der Waals surface area contributed by atoms with Gasteiger partial charge >= 0.3 is 0 Å². The van der Waals surface area contributed by atoms with Gasteiger partial charge in [0.05, 0.1) is 6.10 Å². The highest BCUT2D eigenvalue weighted by molar-refractivity contribution is 4.86. The van der Waals surface area contributed by atoms with Gasteiger partial charge in [0.15, 0.2) is 0 Å². The summed E-state index contributed by atoms with van der Waals surface area (Å²) in [6, 6.07) is 0.712. The third-order valence-corrected chi connectivity index (χ3v) is 3.53. The van der Waals surface area contributed by atoms with Gasteiger partial charge in [0, 0.05) is 25.9 Å². The molecule has 0 amide bonds. The summed E-state index contributed by atoms with van der Waals surface area (Å²) in [7, 11) is 0. The third-order valence-electron chi connectivity index (χ3n) is 3.53. The fraction of sp³-hybridized carbons (Fsp3) is 1.00. The van der Waals surface area contributed by atoms with Crippen molar-refractivity contribution in [2.45, 2.75) is 44.8 Å². The van der Waals surface area contributed by atoms with Gasteiger partial charge in [-0.2, -0.15) is 0 Å². The van der Waals surface area contributed by atoms with Gasteiger partial charge in [-0.15, -0.1) is 0 Å². The molecule has 1 aliphatic heterocycles. The van der Waals surface area contributed by atoms with Gasteiger partial charge in [-0.1, -0.05) is 0 Å². The largest absolute Gasteiger partial charge is 0.381 e. The summed E-state index contributed by atoms with van der Waals surface area (Å²) >= 11 is 0. The first kappa shape index (κ1) is 11.4. The SMILES string of the molecule is CCOC1CC(NCC2CCOCC2)C1. The van der Waals surface area contributed by atoms with Gasteiger partial charge in [-0.3, -0.25) is 0 Å². The van der Waals surface area contributed by atoms with Crippen LogP contribution in [-0.2, 0) is 9.47 Å². The van der Waals surface area contributed by atoms with Crippen LogP contribution < -0.4 is 5.32 Å². The Bertz CT molecular complexity index is 174. The Kier molecular flexibility index (Phi) is 4.42. The van der Waals surface area contributed by atoms with Crippen molar-refractivity contribution in [3.8, 4) is 0 Å². The quantitative estimate of drug-likeness (QED) is 0.752. The van der Waals surface area contributed by atoms with E-state index in [0.717, 1.165) is 25.7 Å². The van der Waals surface area contributed by atoms with Crippen molar-refractivity contribution in [2.75, 3.05) is 26.4 Å². The molecule has 1 saturated heterocycles. The van der Waals surface area contributed by atoms with Crippen LogP contribution in [0.2, 0.25) is 0 Å². The molecule has 15 heavy (non-hydrogen) atoms. The Morgan fingerprint density at radius 3 is 2.67 bits per heavy atom. The van der Waals surface area contributed by atoms with Crippen LogP contribution in [0.25, 0.3) is 0 Å². The molecule has 0 aromatic rings. The fourth-order valence-corrected chi connectivity index (χ4v) is 2.39. The zero-order chi connectivity index (χ0) is 10.5. The summed E-state index contributed by atoms with van der Waals surface area (Å²) < 4.78 is 10.9. The van der Waals surface area contributed by atoms with Crippen molar-refractivity contribution in [2.24, 2.45) is 5.92 Å². The molecule has 2 rings (SSSR count). The number of rotatable bonds is 5. The molecule has 0 atom stereocenters. The Hall–Kier alpha value is -0.120. The molecule has 2 aliphatic rings. The molecule has 88 valence electrons. The minimum Gasteiger partial charge on any atom is -0.381 e. The van der Waals surface area contributed by atoms with E-state index >= 15 is 0 Å². The van der Waals surface area contributed by atoms with E-state index in [1.807, 2.05) is 0 Å². The molecule has 0 aromatic carbocycles. The molecule has 1 heterocycles. The van der Waals surface area contributed by atoms with E-state index in [-0.39, 0.29) is 0 Å². The Morgan fingerprint density at radius 1 is 1.27 bits per heavy atom. The summed E-state index contributed by atoms with van der Waals surface area (Å²) in [6.45, 7) is 6.02. The molecule has 0 aromatic heterocycles. The van der Waals surface area contributed by atoms with E-state index in [0.29, 0.717) is 12.1 Å². The van der Waals surface area contributed by atoms with Crippen molar-refractivity contribution >= 4 is 0 Å². The molecule has 0 spiro atoms. The number of nitrogens with one attached hydrogen (secondary N) is 1. The summed E-state index contributed by atoms with van der Waals surface area (Å²) in [5.41, 5.74) is 0. The van der Waals surface area contributed by atoms with Gasteiger partial charge < -0.3 is 14.8 Å². The summed E-state index contributed by atoms with van der Waals surface area (Å²) in [5, 5.41) is 3.64. The summed E-state index contributed by atoms with van der Waals surface area (Å²) in [4.78, 5) is 0. The molecule has 1 saturated carbocycles. The first-order valence-electron chi connectivity index (χ1n) is 6.31. The van der Waals surface area contributed by atoms with Crippen LogP contribution in [0.5, 0.6) is 0 Å². The standard InChI is InChI=1S/C12H23NO2/c1-2-15-12-7-11(8-12)13-9-10-3-5-14-6-4-10/h10-13H,2-9H2,1H3. The van der Waals surface area contributed by atoms with Gasteiger partial charge in [-0.05, 0) is 45.1 Å². The minimum absolute atomic E-state index is 0.530. The average Bonchev–Trinajstić information content (AvgIpc) is 2.23. The lowest BCUT2D eigenvalue weighted by Crippen LogP contribution is -2.47. The predicted molar refractivity (Wildman–Crippen MR) is 60.0 cm³/mol. The van der Waals surface area contributed by atoms with Crippen molar-refractivity contribution in [1.29, 1.82) is 0 Å². The maximum Gasteiger partial charge on any atom is 0.0604 e. The molecule has 0 radical (unpaired) electrons. The molecule has 3 heteroatoms. The zero-order valence-electron chi connectivity index (χ0n) is 9.71. The minimum atomic E-state index is 0.530. The Labute approximate surface area is 92.5 Å². The zero-order valence-corrected chi connectivity index (χ0v) is 9.71. The number of hydrogen-bond acceptors (Lipinski definition) is 3. The number of hydrogen-bond donors (Lipinski definition) is 1. The van der Waals surface area contributed by atoms with Gasteiger partial charge in [0.1, 0.15) is 0 Å². The second-order valence-electron chi connectivity index (χ2n) is 4.71. The second-order valence-corrected chi connectivity index (χ2v) is 4.71. The lowest BCUT2D eigenvalue weighted by molar-refractivity contribution is -0.0123. The second kappa shape index (κ2) is 5.83. The highest BCUT2D eigenvalue weighted by Gasteiger charge is 2.29. The maximum absolute atomic E-state index is 5.54. The molecule has 3 nitrogen and oxygen atoms in total. The third kappa shape index (κ3) is 3.44. The summed E-state index contributed by atoms with van der Waals surface area (Å²) in [5.74, 6) is 0.838. The van der Waals surface area contributed by atoms with E-state index in [9.17, 15) is 0 Å². The van der Waals surface area contributed by atoms with Crippen LogP contribution in [0.15, 0.2) is 0 Å². The van der Waals surface area contributed by atoms with Crippen LogP contribution in [0.4, 0.5) is 0 Å². The smallest absolute Gasteiger partial charge is 0.0604 e. The summed E-state index contributed by atoms with van der Waals surface area (Å²) in [6.07, 6.45) is 5.40. The fourth-order valence-electron chi connectivity index (χ4n) is 2.39. The normalized spacial score (nSPS) is 32.6. The van der Waals surface area contributed by atoms with Crippen molar-refractivity contribution in [1.82, 2.24) is 5.32 Å². The van der Waals surface area contributed by atoms with Crippen LogP contribution in [-0.4, -0.2) is 38.5 Å². The lowest BCUT2D eigenvalue weighted by Gasteiger charge is -2.36. The maximum atomic E-state index is 5.54. The van der Waals surface area contributed by atoms with Crippen LogP contribution >= 0.6 is 0 Å². The molecular weight excluding hydrogens is 190 g/mol. The Balaban J connectivity index is 1.52. The molecular formula is C12H23NO2. The topological polar surface area (TPSA) is 30.5 Å². The van der Waals surface area contributed by atoms with Crippen LogP contribution in [0, 0.1) is 5.92 Å². The molecule has 0 unspecified atom stereocenters. The van der Waals surface area contributed by atoms with E-state index < -0.39 is 0 Å². The predicted octanol–water partition coefficient (Wildman–Crippen LogP) is 1.57. The highest BCUT2D eigenvalue weighted by atomic mass is 16.5. The van der Waals surface area contributed by atoms with E-state index in [2.05, 4.69) is 12.2 Å². The monoisotopic (exact) mass is 213 g/mol. The first-order chi connectivity index (χ1) is 7.38. The highest BCUT2D eigenvalue weighted by Crippen LogP contribution is 2.24.